The van der Waals surface area contributed by atoms with Gasteiger partial charge in [-0.2, -0.15) is 0 Å². The van der Waals surface area contributed by atoms with Gasteiger partial charge in [0, 0.05) is 32.0 Å². The number of benzene rings is 1. The van der Waals surface area contributed by atoms with E-state index >= 15 is 0 Å². The van der Waals surface area contributed by atoms with E-state index in [4.69, 9.17) is 4.74 Å². The Bertz CT molecular complexity index is 831. The predicted octanol–water partition coefficient (Wildman–Crippen LogP) is 3.96. The topological polar surface area (TPSA) is 66.8 Å². The molecule has 1 aromatic heterocycles. The van der Waals surface area contributed by atoms with E-state index in [-0.39, 0.29) is 18.5 Å². The average Bonchev–Trinajstić information content (AvgIpc) is 3.11. The molecule has 0 atom stereocenters. The van der Waals surface area contributed by atoms with Crippen molar-refractivity contribution in [1.82, 2.24) is 14.4 Å². The number of aromatic nitrogens is 1. The molecule has 30 heavy (non-hydrogen) atoms. The third kappa shape index (κ3) is 6.54. The zero-order chi connectivity index (χ0) is 22.1. The number of hydrogen-bond donors (Lipinski definition) is 1. The van der Waals surface area contributed by atoms with Gasteiger partial charge in [-0.05, 0) is 36.6 Å². The van der Waals surface area contributed by atoms with Gasteiger partial charge in [0.25, 0.3) is 0 Å². The maximum absolute atomic E-state index is 13.2. The summed E-state index contributed by atoms with van der Waals surface area (Å²) in [4.78, 5) is 29.5. The van der Waals surface area contributed by atoms with Crippen LogP contribution in [0.15, 0.2) is 42.6 Å². The zero-order valence-electron chi connectivity index (χ0n) is 18.7. The molecule has 2 rings (SSSR count). The summed E-state index contributed by atoms with van der Waals surface area (Å²) in [6.45, 7) is 7.85. The number of amides is 3. The lowest BCUT2D eigenvalue weighted by Crippen LogP contribution is -2.45. The number of nitrogens with one attached hydrogen (secondary N) is 1. The fourth-order valence-electron chi connectivity index (χ4n) is 3.28. The van der Waals surface area contributed by atoms with Crippen LogP contribution in [0.1, 0.15) is 32.9 Å². The first kappa shape index (κ1) is 23.3. The van der Waals surface area contributed by atoms with Crippen LogP contribution in [0.5, 0.6) is 5.75 Å². The van der Waals surface area contributed by atoms with E-state index in [1.165, 1.54) is 0 Å². The number of nitrogens with zero attached hydrogens (tertiary/aromatic N) is 3. The minimum atomic E-state index is -0.307. The first-order valence-electron chi connectivity index (χ1n) is 10.4. The smallest absolute Gasteiger partial charge is 0.322 e. The van der Waals surface area contributed by atoms with Crippen LogP contribution >= 0.6 is 0 Å². The second kappa shape index (κ2) is 11.3. The summed E-state index contributed by atoms with van der Waals surface area (Å²) >= 11 is 0. The lowest BCUT2D eigenvalue weighted by molar-refractivity contribution is -0.133. The number of aryl methyl sites for hydroxylation is 1. The van der Waals surface area contributed by atoms with Gasteiger partial charge < -0.3 is 24.4 Å². The molecule has 0 aliphatic rings. The van der Waals surface area contributed by atoms with Crippen LogP contribution in [0.2, 0.25) is 0 Å². The van der Waals surface area contributed by atoms with Crippen molar-refractivity contribution in [3.8, 4) is 5.75 Å². The van der Waals surface area contributed by atoms with Crippen LogP contribution < -0.4 is 10.1 Å². The number of rotatable bonds is 10. The molecule has 2 aromatic rings. The maximum atomic E-state index is 13.2. The van der Waals surface area contributed by atoms with E-state index in [0.717, 1.165) is 12.1 Å². The number of carbonyl (C=O) groups is 2. The van der Waals surface area contributed by atoms with Crippen LogP contribution in [0, 0.1) is 5.92 Å². The molecule has 0 unspecified atom stereocenters. The lowest BCUT2D eigenvalue weighted by Gasteiger charge is -2.29. The SMILES string of the molecule is CCCN(CC(=O)N(Cc1cccn1C)CC(C)C)C(=O)Nc1ccccc1OC. The van der Waals surface area contributed by atoms with Gasteiger partial charge in [-0.25, -0.2) is 4.79 Å². The highest BCUT2D eigenvalue weighted by Crippen LogP contribution is 2.23. The number of hydrogen-bond acceptors (Lipinski definition) is 3. The second-order valence-corrected chi connectivity index (χ2v) is 7.83. The molecule has 0 fully saturated rings. The Kier molecular flexibility index (Phi) is 8.77. The number of methoxy groups -OCH3 is 1. The van der Waals surface area contributed by atoms with Crippen molar-refractivity contribution in [2.45, 2.75) is 33.7 Å². The Morgan fingerprint density at radius 3 is 2.47 bits per heavy atom. The molecule has 1 N–H and O–H groups in total. The van der Waals surface area contributed by atoms with Crippen molar-refractivity contribution in [2.24, 2.45) is 13.0 Å². The minimum Gasteiger partial charge on any atom is -0.495 e. The first-order valence-corrected chi connectivity index (χ1v) is 10.4. The van der Waals surface area contributed by atoms with Gasteiger partial charge in [-0.1, -0.05) is 32.9 Å². The van der Waals surface area contributed by atoms with Crippen LogP contribution in [0.3, 0.4) is 0 Å². The molecule has 0 bridgehead atoms. The van der Waals surface area contributed by atoms with Crippen molar-refractivity contribution >= 4 is 17.6 Å². The highest BCUT2D eigenvalue weighted by Gasteiger charge is 2.23. The predicted molar refractivity (Wildman–Crippen MR) is 120 cm³/mol. The second-order valence-electron chi connectivity index (χ2n) is 7.83. The molecule has 0 radical (unpaired) electrons. The molecule has 164 valence electrons. The molecule has 7 nitrogen and oxygen atoms in total. The minimum absolute atomic E-state index is 0.0337. The number of urea groups is 1. The fraction of sp³-hybridized carbons (Fsp3) is 0.478. The Morgan fingerprint density at radius 2 is 1.87 bits per heavy atom. The first-order chi connectivity index (χ1) is 14.3. The molecule has 7 heteroatoms. The fourth-order valence-corrected chi connectivity index (χ4v) is 3.28. The zero-order valence-corrected chi connectivity index (χ0v) is 18.7. The number of ether oxygens (including phenoxy) is 1. The molecule has 0 spiro atoms. The third-order valence-electron chi connectivity index (χ3n) is 4.80. The highest BCUT2D eigenvalue weighted by molar-refractivity contribution is 5.93. The standard InChI is InChI=1S/C23H34N4O3/c1-6-13-26(23(29)24-20-11-7-8-12-21(20)30-5)17-22(28)27(15-18(2)3)16-19-10-9-14-25(19)4/h7-12,14,18H,6,13,15-17H2,1-5H3,(H,24,29). The lowest BCUT2D eigenvalue weighted by atomic mass is 10.2. The van der Waals surface area contributed by atoms with Gasteiger partial charge in [-0.15, -0.1) is 0 Å². The van der Waals surface area contributed by atoms with Gasteiger partial charge in [0.1, 0.15) is 12.3 Å². The Balaban J connectivity index is 2.12. The molecule has 3 amide bonds. The van der Waals surface area contributed by atoms with Crippen molar-refractivity contribution in [2.75, 3.05) is 32.1 Å². The summed E-state index contributed by atoms with van der Waals surface area (Å²) < 4.78 is 7.32. The Labute approximate surface area is 179 Å². The quantitative estimate of drug-likeness (QED) is 0.640. The summed E-state index contributed by atoms with van der Waals surface area (Å²) in [6.07, 6.45) is 2.73. The van der Waals surface area contributed by atoms with E-state index < -0.39 is 0 Å². The van der Waals surface area contributed by atoms with Crippen molar-refractivity contribution in [3.63, 3.8) is 0 Å². The third-order valence-corrected chi connectivity index (χ3v) is 4.80. The molecular formula is C23H34N4O3. The van der Waals surface area contributed by atoms with Gasteiger partial charge in [0.05, 0.1) is 19.3 Å². The Morgan fingerprint density at radius 1 is 1.13 bits per heavy atom. The number of para-hydroxylation sites is 2. The van der Waals surface area contributed by atoms with E-state index in [9.17, 15) is 9.59 Å². The van der Waals surface area contributed by atoms with E-state index in [1.54, 1.807) is 24.1 Å². The highest BCUT2D eigenvalue weighted by atomic mass is 16.5. The van der Waals surface area contributed by atoms with Crippen LogP contribution in [0.4, 0.5) is 10.5 Å². The summed E-state index contributed by atoms with van der Waals surface area (Å²) in [7, 11) is 3.53. The summed E-state index contributed by atoms with van der Waals surface area (Å²) in [5.41, 5.74) is 1.64. The van der Waals surface area contributed by atoms with Gasteiger partial charge >= 0.3 is 6.03 Å². The molecule has 0 aliphatic heterocycles. The summed E-state index contributed by atoms with van der Waals surface area (Å²) in [5, 5.41) is 2.87. The molecule has 0 aliphatic carbocycles. The van der Waals surface area contributed by atoms with Crippen LogP contribution in [-0.2, 0) is 18.4 Å². The largest absolute Gasteiger partial charge is 0.495 e. The molecule has 1 heterocycles. The maximum Gasteiger partial charge on any atom is 0.322 e. The van der Waals surface area contributed by atoms with E-state index in [0.29, 0.717) is 37.0 Å². The molecule has 1 aromatic carbocycles. The molecule has 0 saturated carbocycles. The monoisotopic (exact) mass is 414 g/mol. The molecule has 0 saturated heterocycles. The van der Waals surface area contributed by atoms with Gasteiger partial charge in [0.15, 0.2) is 0 Å². The van der Waals surface area contributed by atoms with Crippen molar-refractivity contribution in [3.05, 3.63) is 48.3 Å². The van der Waals surface area contributed by atoms with Gasteiger partial charge in [0.2, 0.25) is 5.91 Å². The van der Waals surface area contributed by atoms with Crippen LogP contribution in [-0.4, -0.2) is 53.0 Å². The molecular weight excluding hydrogens is 380 g/mol. The van der Waals surface area contributed by atoms with Gasteiger partial charge in [-0.3, -0.25) is 4.79 Å². The van der Waals surface area contributed by atoms with Crippen molar-refractivity contribution in [1.29, 1.82) is 0 Å². The summed E-state index contributed by atoms with van der Waals surface area (Å²) in [5.74, 6) is 0.851. The van der Waals surface area contributed by atoms with Crippen LogP contribution in [0.25, 0.3) is 0 Å². The Hall–Kier alpha value is -2.96. The summed E-state index contributed by atoms with van der Waals surface area (Å²) in [6, 6.07) is 10.9. The van der Waals surface area contributed by atoms with E-state index in [1.807, 2.05) is 53.9 Å². The normalized spacial score (nSPS) is 10.7. The number of anilines is 1. The van der Waals surface area contributed by atoms with Crippen molar-refractivity contribution < 1.29 is 14.3 Å². The average molecular weight is 415 g/mol. The number of carbonyl (C=O) groups excluding carboxylic acids is 2. The van der Waals surface area contributed by atoms with E-state index in [2.05, 4.69) is 19.2 Å².